The smallest absolute Gasteiger partial charge is 0.340 e. The van der Waals surface area contributed by atoms with Crippen LogP contribution < -0.4 is 16.4 Å². The van der Waals surface area contributed by atoms with Gasteiger partial charge in [-0.1, -0.05) is 35.3 Å². The van der Waals surface area contributed by atoms with Gasteiger partial charge in [0.15, 0.2) is 6.61 Å². The van der Waals surface area contributed by atoms with Crippen LogP contribution >= 0.6 is 23.2 Å². The third kappa shape index (κ3) is 5.08. The Hall–Kier alpha value is -2.84. The highest BCUT2D eigenvalue weighted by Crippen LogP contribution is 2.28. The number of urea groups is 1. The number of nitrogen functional groups attached to an aromatic ring is 1. The molecule has 4 N–H and O–H groups in total. The second-order valence-corrected chi connectivity index (χ2v) is 5.75. The summed E-state index contributed by atoms with van der Waals surface area (Å²) in [4.78, 5) is 35.2. The van der Waals surface area contributed by atoms with Crippen molar-refractivity contribution >= 4 is 52.5 Å². The molecule has 3 amide bonds. The molecule has 2 aromatic carbocycles. The van der Waals surface area contributed by atoms with Crippen LogP contribution in [0.2, 0.25) is 10.0 Å². The van der Waals surface area contributed by atoms with E-state index in [1.807, 2.05) is 5.32 Å². The van der Waals surface area contributed by atoms with Crippen molar-refractivity contribution in [3.63, 3.8) is 0 Å². The van der Waals surface area contributed by atoms with E-state index in [9.17, 15) is 18.8 Å². The molecule has 0 radical (unpaired) electrons. The third-order valence-electron chi connectivity index (χ3n) is 3.02. The number of esters is 1. The number of hydrogen-bond acceptors (Lipinski definition) is 5. The number of hydrogen-bond donors (Lipinski definition) is 3. The summed E-state index contributed by atoms with van der Waals surface area (Å²) in [6, 6.07) is 6.98. The van der Waals surface area contributed by atoms with Crippen molar-refractivity contribution in [3.8, 4) is 0 Å². The van der Waals surface area contributed by atoms with E-state index in [-0.39, 0.29) is 27.0 Å². The van der Waals surface area contributed by atoms with E-state index in [1.165, 1.54) is 30.3 Å². The SMILES string of the molecule is Nc1c(Cl)cc(Cl)cc1C(=O)OCC(=O)NC(=O)Nc1ccccc1F. The van der Waals surface area contributed by atoms with Crippen molar-refractivity contribution in [2.45, 2.75) is 0 Å². The van der Waals surface area contributed by atoms with E-state index in [0.717, 1.165) is 6.07 Å². The first-order chi connectivity index (χ1) is 12.3. The molecule has 0 saturated carbocycles. The minimum atomic E-state index is -0.985. The fourth-order valence-corrected chi connectivity index (χ4v) is 2.33. The van der Waals surface area contributed by atoms with Gasteiger partial charge in [-0.2, -0.15) is 0 Å². The lowest BCUT2D eigenvalue weighted by Gasteiger charge is -2.10. The molecule has 0 aromatic heterocycles. The van der Waals surface area contributed by atoms with Crippen LogP contribution in [0.5, 0.6) is 0 Å². The van der Waals surface area contributed by atoms with Crippen molar-refractivity contribution < 1.29 is 23.5 Å². The largest absolute Gasteiger partial charge is 0.452 e. The summed E-state index contributed by atoms with van der Waals surface area (Å²) in [5, 5.41) is 4.24. The molecule has 26 heavy (non-hydrogen) atoms. The fourth-order valence-electron chi connectivity index (χ4n) is 1.84. The molecule has 0 saturated heterocycles. The number of halogens is 3. The standard InChI is InChI=1S/C16H12Cl2FN3O4/c17-8-5-9(14(20)10(18)6-8)15(24)26-7-13(23)22-16(25)21-12-4-2-1-3-11(12)19/h1-6H,7,20H2,(H2,21,22,23,25). The lowest BCUT2D eigenvalue weighted by Crippen LogP contribution is -2.37. The van der Waals surface area contributed by atoms with Crippen molar-refractivity contribution in [1.82, 2.24) is 5.32 Å². The van der Waals surface area contributed by atoms with E-state index in [0.29, 0.717) is 0 Å². The molecule has 0 fully saturated rings. The number of amides is 3. The Kier molecular flexibility index (Phi) is 6.37. The zero-order chi connectivity index (χ0) is 19.3. The Labute approximate surface area is 157 Å². The second-order valence-electron chi connectivity index (χ2n) is 4.91. The van der Waals surface area contributed by atoms with Gasteiger partial charge in [-0.25, -0.2) is 14.0 Å². The monoisotopic (exact) mass is 399 g/mol. The number of nitrogens with one attached hydrogen (secondary N) is 2. The third-order valence-corrected chi connectivity index (χ3v) is 3.55. The Morgan fingerprint density at radius 2 is 1.85 bits per heavy atom. The van der Waals surface area contributed by atoms with E-state index in [4.69, 9.17) is 33.7 Å². The molecule has 0 atom stereocenters. The summed E-state index contributed by atoms with van der Waals surface area (Å²) < 4.78 is 18.2. The van der Waals surface area contributed by atoms with Crippen molar-refractivity contribution in [2.24, 2.45) is 0 Å². The van der Waals surface area contributed by atoms with E-state index < -0.39 is 30.3 Å². The number of carbonyl (C=O) groups is 3. The van der Waals surface area contributed by atoms with Crippen molar-refractivity contribution in [1.29, 1.82) is 0 Å². The highest BCUT2D eigenvalue weighted by Gasteiger charge is 2.17. The molecule has 0 aliphatic carbocycles. The van der Waals surface area contributed by atoms with Crippen LogP contribution in [0.15, 0.2) is 36.4 Å². The minimum Gasteiger partial charge on any atom is -0.452 e. The van der Waals surface area contributed by atoms with Crippen molar-refractivity contribution in [3.05, 3.63) is 57.8 Å². The summed E-state index contributed by atoms with van der Waals surface area (Å²) >= 11 is 11.6. The van der Waals surface area contributed by atoms with Crippen LogP contribution in [-0.4, -0.2) is 24.5 Å². The predicted octanol–water partition coefficient (Wildman–Crippen LogP) is 3.22. The number of nitrogens with two attached hydrogens (primary N) is 1. The molecule has 0 spiro atoms. The Balaban J connectivity index is 1.89. The Bertz CT molecular complexity index is 877. The molecule has 2 aromatic rings. The van der Waals surface area contributed by atoms with Crippen LogP contribution in [0.4, 0.5) is 20.6 Å². The molecule has 7 nitrogen and oxygen atoms in total. The number of carbonyl (C=O) groups excluding carboxylic acids is 3. The summed E-state index contributed by atoms with van der Waals surface area (Å²) in [7, 11) is 0. The van der Waals surface area contributed by atoms with Gasteiger partial charge in [0.25, 0.3) is 5.91 Å². The molecule has 0 unspecified atom stereocenters. The Morgan fingerprint density at radius 1 is 1.15 bits per heavy atom. The van der Waals surface area contributed by atoms with E-state index in [1.54, 1.807) is 0 Å². The fraction of sp³-hybridized carbons (Fsp3) is 0.0625. The number of anilines is 2. The van der Waals surface area contributed by atoms with Crippen LogP contribution in [0.3, 0.4) is 0 Å². The maximum absolute atomic E-state index is 13.4. The first-order valence-corrected chi connectivity index (χ1v) is 7.80. The zero-order valence-corrected chi connectivity index (χ0v) is 14.5. The maximum Gasteiger partial charge on any atom is 0.340 e. The highest BCUT2D eigenvalue weighted by atomic mass is 35.5. The average Bonchev–Trinajstić information content (AvgIpc) is 2.58. The van der Waals surface area contributed by atoms with Crippen LogP contribution in [-0.2, 0) is 9.53 Å². The molecule has 0 aliphatic heterocycles. The average molecular weight is 400 g/mol. The molecule has 0 aliphatic rings. The lowest BCUT2D eigenvalue weighted by molar-refractivity contribution is -0.123. The number of para-hydroxylation sites is 1. The number of rotatable bonds is 4. The lowest BCUT2D eigenvalue weighted by atomic mass is 10.2. The Morgan fingerprint density at radius 3 is 2.54 bits per heavy atom. The van der Waals surface area contributed by atoms with Crippen LogP contribution in [0.1, 0.15) is 10.4 Å². The van der Waals surface area contributed by atoms with Crippen molar-refractivity contribution in [2.75, 3.05) is 17.7 Å². The van der Waals surface area contributed by atoms with Gasteiger partial charge < -0.3 is 15.8 Å². The van der Waals surface area contributed by atoms with Crippen LogP contribution in [0.25, 0.3) is 0 Å². The maximum atomic E-state index is 13.4. The summed E-state index contributed by atoms with van der Waals surface area (Å²) in [5.41, 5.74) is 5.36. The second kappa shape index (κ2) is 8.50. The van der Waals surface area contributed by atoms with E-state index >= 15 is 0 Å². The predicted molar refractivity (Wildman–Crippen MR) is 94.7 cm³/mol. The topological polar surface area (TPSA) is 111 Å². The molecule has 0 heterocycles. The molecule has 10 heteroatoms. The van der Waals surface area contributed by atoms with Crippen LogP contribution in [0, 0.1) is 5.82 Å². The summed E-state index contributed by atoms with van der Waals surface area (Å²) in [5.74, 6) is -2.55. The van der Waals surface area contributed by atoms with Gasteiger partial charge in [0, 0.05) is 5.02 Å². The molecule has 0 bridgehead atoms. The molecule has 2 rings (SSSR count). The van der Waals surface area contributed by atoms with Gasteiger partial charge in [-0.05, 0) is 24.3 Å². The first kappa shape index (κ1) is 19.5. The van der Waals surface area contributed by atoms with Gasteiger partial charge in [0.05, 0.1) is 22.0 Å². The minimum absolute atomic E-state index is 0.0539. The highest BCUT2D eigenvalue weighted by molar-refractivity contribution is 6.37. The molecule has 136 valence electrons. The van der Waals surface area contributed by atoms with E-state index in [2.05, 4.69) is 5.32 Å². The van der Waals surface area contributed by atoms with Gasteiger partial charge in [0.2, 0.25) is 0 Å². The first-order valence-electron chi connectivity index (χ1n) is 7.05. The number of benzene rings is 2. The quantitative estimate of drug-likeness (QED) is 0.539. The molecular weight excluding hydrogens is 388 g/mol. The normalized spacial score (nSPS) is 10.1. The zero-order valence-electron chi connectivity index (χ0n) is 13.0. The van der Waals surface area contributed by atoms with Gasteiger partial charge >= 0.3 is 12.0 Å². The summed E-state index contributed by atoms with van der Waals surface area (Å²) in [6.45, 7) is -0.771. The summed E-state index contributed by atoms with van der Waals surface area (Å²) in [6.07, 6.45) is 0. The molecular formula is C16H12Cl2FN3O4. The van der Waals surface area contributed by atoms with Gasteiger partial charge in [0.1, 0.15) is 5.82 Å². The number of ether oxygens (including phenoxy) is 1. The van der Waals surface area contributed by atoms with Gasteiger partial charge in [-0.3, -0.25) is 10.1 Å². The van der Waals surface area contributed by atoms with Gasteiger partial charge in [-0.15, -0.1) is 0 Å². The number of imide groups is 1.